The van der Waals surface area contributed by atoms with Crippen LogP contribution in [0.1, 0.15) is 19.2 Å². The molecule has 1 N–H and O–H groups in total. The summed E-state index contributed by atoms with van der Waals surface area (Å²) in [7, 11) is 0. The van der Waals surface area contributed by atoms with E-state index in [2.05, 4.69) is 10.3 Å². The van der Waals surface area contributed by atoms with Crippen molar-refractivity contribution in [2.75, 3.05) is 10.2 Å². The summed E-state index contributed by atoms with van der Waals surface area (Å²) in [4.78, 5) is 30.3. The third-order valence-electron chi connectivity index (χ3n) is 4.83. The van der Waals surface area contributed by atoms with Crippen molar-refractivity contribution in [2.24, 2.45) is 0 Å². The summed E-state index contributed by atoms with van der Waals surface area (Å²) in [6.45, 7) is 1.14. The van der Waals surface area contributed by atoms with Crippen LogP contribution in [0.15, 0.2) is 48.5 Å². The van der Waals surface area contributed by atoms with E-state index in [9.17, 15) is 22.8 Å². The Labute approximate surface area is 163 Å². The second-order valence-corrected chi connectivity index (χ2v) is 6.89. The second kappa shape index (κ2) is 6.91. The topological polar surface area (TPSA) is 67.2 Å². The van der Waals surface area contributed by atoms with Gasteiger partial charge in [-0.1, -0.05) is 24.3 Å². The van der Waals surface area contributed by atoms with Crippen LogP contribution in [-0.2, 0) is 22.3 Å². The van der Waals surface area contributed by atoms with Gasteiger partial charge in [-0.3, -0.25) is 9.59 Å². The largest absolute Gasteiger partial charge is 0.449 e. The molecule has 1 aromatic heterocycles. The van der Waals surface area contributed by atoms with Crippen molar-refractivity contribution in [3.8, 4) is 0 Å². The number of alkyl halides is 3. The molecule has 1 unspecified atom stereocenters. The highest BCUT2D eigenvalue weighted by Gasteiger charge is 2.39. The van der Waals surface area contributed by atoms with Crippen molar-refractivity contribution in [2.45, 2.75) is 32.1 Å². The number of carbonyl (C=O) groups excluding carboxylic acids is 2. The van der Waals surface area contributed by atoms with Crippen molar-refractivity contribution >= 4 is 34.2 Å². The summed E-state index contributed by atoms with van der Waals surface area (Å²) < 4.78 is 41.5. The van der Waals surface area contributed by atoms with Gasteiger partial charge in [0.1, 0.15) is 6.54 Å². The number of hydrogen-bond acceptors (Lipinski definition) is 3. The summed E-state index contributed by atoms with van der Waals surface area (Å²) in [5, 5.41) is 2.73. The molecule has 29 heavy (non-hydrogen) atoms. The molecule has 0 fully saturated rings. The number of amides is 2. The lowest BCUT2D eigenvalue weighted by Crippen LogP contribution is -2.41. The minimum absolute atomic E-state index is 0.0389. The number of benzene rings is 2. The highest BCUT2D eigenvalue weighted by Crippen LogP contribution is 2.34. The molecule has 6 nitrogen and oxygen atoms in total. The predicted molar refractivity (Wildman–Crippen MR) is 101 cm³/mol. The fourth-order valence-electron chi connectivity index (χ4n) is 3.63. The second-order valence-electron chi connectivity index (χ2n) is 6.89. The van der Waals surface area contributed by atoms with Crippen LogP contribution < -0.4 is 10.2 Å². The van der Waals surface area contributed by atoms with E-state index in [0.29, 0.717) is 11.4 Å². The van der Waals surface area contributed by atoms with Crippen LogP contribution in [0.4, 0.5) is 24.5 Å². The Balaban J connectivity index is 1.78. The molecular weight excluding hydrogens is 385 g/mol. The Morgan fingerprint density at radius 3 is 2.62 bits per heavy atom. The van der Waals surface area contributed by atoms with E-state index in [4.69, 9.17) is 0 Å². The Bertz CT molecular complexity index is 1110. The highest BCUT2D eigenvalue weighted by molar-refractivity contribution is 6.04. The lowest BCUT2D eigenvalue weighted by Gasteiger charge is -2.28. The van der Waals surface area contributed by atoms with Gasteiger partial charge in [-0.2, -0.15) is 13.2 Å². The van der Waals surface area contributed by atoms with Crippen LogP contribution >= 0.6 is 0 Å². The van der Waals surface area contributed by atoms with Gasteiger partial charge >= 0.3 is 6.18 Å². The summed E-state index contributed by atoms with van der Waals surface area (Å²) in [6, 6.07) is 12.4. The summed E-state index contributed by atoms with van der Waals surface area (Å²) in [5.41, 5.74) is 1.28. The maximum atomic E-state index is 13.5. The molecule has 4 rings (SSSR count). The monoisotopic (exact) mass is 402 g/mol. The van der Waals surface area contributed by atoms with E-state index in [0.717, 1.165) is 4.57 Å². The van der Waals surface area contributed by atoms with E-state index in [-0.39, 0.29) is 23.4 Å². The zero-order valence-electron chi connectivity index (χ0n) is 15.4. The first kappa shape index (κ1) is 19.0. The van der Waals surface area contributed by atoms with Crippen molar-refractivity contribution in [3.63, 3.8) is 0 Å². The summed E-state index contributed by atoms with van der Waals surface area (Å²) >= 11 is 0. The van der Waals surface area contributed by atoms with E-state index in [1.807, 2.05) is 0 Å². The number of nitrogens with one attached hydrogen (secondary N) is 1. The zero-order valence-corrected chi connectivity index (χ0v) is 15.4. The molecule has 2 heterocycles. The molecule has 0 radical (unpaired) electrons. The molecule has 150 valence electrons. The number of rotatable bonds is 2. The average Bonchev–Trinajstić information content (AvgIpc) is 2.95. The number of anilines is 2. The Hall–Kier alpha value is -3.36. The van der Waals surface area contributed by atoms with Crippen molar-refractivity contribution in [1.29, 1.82) is 0 Å². The number of fused-ring (bicyclic) bond motifs is 2. The van der Waals surface area contributed by atoms with E-state index in [1.165, 1.54) is 17.0 Å². The van der Waals surface area contributed by atoms with Gasteiger partial charge in [0.15, 0.2) is 0 Å². The molecule has 1 aliphatic heterocycles. The third-order valence-corrected chi connectivity index (χ3v) is 4.83. The Kier molecular flexibility index (Phi) is 4.52. The first-order chi connectivity index (χ1) is 13.8. The third kappa shape index (κ3) is 3.43. The van der Waals surface area contributed by atoms with Gasteiger partial charge in [0.05, 0.1) is 22.4 Å². The molecule has 0 saturated carbocycles. The van der Waals surface area contributed by atoms with E-state index < -0.39 is 30.5 Å². The van der Waals surface area contributed by atoms with E-state index >= 15 is 0 Å². The molecule has 2 amide bonds. The maximum Gasteiger partial charge on any atom is 0.449 e. The van der Waals surface area contributed by atoms with Crippen LogP contribution in [0.25, 0.3) is 11.0 Å². The minimum Gasteiger partial charge on any atom is -0.324 e. The number of carbonyl (C=O) groups is 2. The van der Waals surface area contributed by atoms with Gasteiger partial charge < -0.3 is 14.8 Å². The molecule has 1 atom stereocenters. The molecule has 0 aliphatic carbocycles. The molecule has 0 spiro atoms. The average molecular weight is 402 g/mol. The number of hydrogen-bond donors (Lipinski definition) is 1. The molecule has 9 heteroatoms. The van der Waals surface area contributed by atoms with E-state index in [1.54, 1.807) is 43.3 Å². The molecule has 2 aromatic carbocycles. The predicted octanol–water partition coefficient (Wildman–Crippen LogP) is 3.82. The van der Waals surface area contributed by atoms with Crippen LogP contribution in [0.3, 0.4) is 0 Å². The van der Waals surface area contributed by atoms with Gasteiger partial charge in [-0.05, 0) is 31.2 Å². The first-order valence-corrected chi connectivity index (χ1v) is 8.99. The highest BCUT2D eigenvalue weighted by atomic mass is 19.4. The molecule has 0 bridgehead atoms. The number of para-hydroxylation sites is 4. The number of imidazole rings is 1. The van der Waals surface area contributed by atoms with Gasteiger partial charge in [0.2, 0.25) is 17.6 Å². The quantitative estimate of drug-likeness (QED) is 0.709. The SMILES string of the molecule is CC1CC(=O)Nc2ccccc2N1C(=O)Cn1c(C(F)(F)F)nc2ccccc21. The van der Waals surface area contributed by atoms with Gasteiger partial charge in [0.25, 0.3) is 0 Å². The number of aromatic nitrogens is 2. The smallest absolute Gasteiger partial charge is 0.324 e. The maximum absolute atomic E-state index is 13.5. The zero-order chi connectivity index (χ0) is 20.8. The fourth-order valence-corrected chi connectivity index (χ4v) is 3.63. The minimum atomic E-state index is -4.71. The molecule has 3 aromatic rings. The van der Waals surface area contributed by atoms with Gasteiger partial charge in [0, 0.05) is 12.5 Å². The van der Waals surface area contributed by atoms with Crippen LogP contribution in [-0.4, -0.2) is 27.4 Å². The van der Waals surface area contributed by atoms with Crippen molar-refractivity contribution in [1.82, 2.24) is 9.55 Å². The summed E-state index contributed by atoms with van der Waals surface area (Å²) in [6.07, 6.45) is -4.67. The Morgan fingerprint density at radius 2 is 1.86 bits per heavy atom. The normalized spacial score (nSPS) is 17.0. The first-order valence-electron chi connectivity index (χ1n) is 8.99. The lowest BCUT2D eigenvalue weighted by molar-refractivity contribution is -0.147. The lowest BCUT2D eigenvalue weighted by atomic mass is 10.1. The molecular formula is C20H17F3N4O2. The standard InChI is InChI=1S/C20H17F3N4O2/c1-12-10-17(28)24-14-7-3-5-9-16(14)27(12)18(29)11-26-15-8-4-2-6-13(15)25-19(26)20(21,22)23/h2-9,12H,10-11H2,1H3,(H,24,28). The van der Waals surface area contributed by atoms with Crippen LogP contribution in [0, 0.1) is 0 Å². The van der Waals surface area contributed by atoms with Gasteiger partial charge in [-0.15, -0.1) is 0 Å². The molecule has 1 aliphatic rings. The van der Waals surface area contributed by atoms with Crippen LogP contribution in [0.5, 0.6) is 0 Å². The number of nitrogens with zero attached hydrogens (tertiary/aromatic N) is 3. The fraction of sp³-hybridized carbons (Fsp3) is 0.250. The van der Waals surface area contributed by atoms with Crippen LogP contribution in [0.2, 0.25) is 0 Å². The van der Waals surface area contributed by atoms with Crippen molar-refractivity contribution in [3.05, 3.63) is 54.4 Å². The van der Waals surface area contributed by atoms with Crippen molar-refractivity contribution < 1.29 is 22.8 Å². The number of halogens is 3. The summed E-state index contributed by atoms with van der Waals surface area (Å²) in [5.74, 6) is -1.95. The van der Waals surface area contributed by atoms with Gasteiger partial charge in [-0.25, -0.2) is 4.98 Å². The molecule has 0 saturated heterocycles. The Morgan fingerprint density at radius 1 is 1.17 bits per heavy atom.